The molecule has 0 aliphatic heterocycles. The molecule has 1 heterocycles. The van der Waals surface area contributed by atoms with Crippen LogP contribution in [0.3, 0.4) is 0 Å². The van der Waals surface area contributed by atoms with Crippen LogP contribution in [0.5, 0.6) is 5.75 Å². The van der Waals surface area contributed by atoms with E-state index in [2.05, 4.69) is 16.2 Å². The molecule has 26 heavy (non-hydrogen) atoms. The van der Waals surface area contributed by atoms with Crippen molar-refractivity contribution < 1.29 is 14.3 Å². The zero-order chi connectivity index (χ0) is 18.4. The van der Waals surface area contributed by atoms with Gasteiger partial charge in [0.2, 0.25) is 0 Å². The summed E-state index contributed by atoms with van der Waals surface area (Å²) in [5.74, 6) is -0.146. The van der Waals surface area contributed by atoms with Crippen LogP contribution in [0, 0.1) is 0 Å². The summed E-state index contributed by atoms with van der Waals surface area (Å²) in [4.78, 5) is 24.3. The molecule has 2 amide bonds. The van der Waals surface area contributed by atoms with Crippen LogP contribution < -0.4 is 20.9 Å². The van der Waals surface area contributed by atoms with E-state index in [0.717, 1.165) is 10.8 Å². The maximum Gasteiger partial charge on any atom is 0.279 e. The highest BCUT2D eigenvalue weighted by Gasteiger charge is 2.09. The zero-order valence-corrected chi connectivity index (χ0v) is 15.2. The number of rotatable bonds is 4. The van der Waals surface area contributed by atoms with Gasteiger partial charge in [0.15, 0.2) is 11.7 Å². The summed E-state index contributed by atoms with van der Waals surface area (Å²) in [5.41, 5.74) is 4.89. The number of thiophene rings is 1. The quantitative estimate of drug-likeness (QED) is 0.475. The monoisotopic (exact) mass is 385 g/mol. The molecule has 0 saturated heterocycles. The Morgan fingerprint density at radius 3 is 2.62 bits per heavy atom. The Hall–Kier alpha value is -2.97. The zero-order valence-electron chi connectivity index (χ0n) is 13.5. The van der Waals surface area contributed by atoms with Crippen molar-refractivity contribution in [2.45, 2.75) is 0 Å². The van der Waals surface area contributed by atoms with Gasteiger partial charge in [-0.25, -0.2) is 0 Å². The lowest BCUT2D eigenvalue weighted by molar-refractivity contribution is -0.121. The van der Waals surface area contributed by atoms with Gasteiger partial charge < -0.3 is 4.74 Å². The lowest BCUT2D eigenvalue weighted by Gasteiger charge is -2.12. The van der Waals surface area contributed by atoms with Gasteiger partial charge in [0.1, 0.15) is 5.75 Å². The second-order valence-corrected chi connectivity index (χ2v) is 6.56. The molecule has 8 heteroatoms. The molecule has 0 radical (unpaired) electrons. The fraction of sp³-hybridized carbons (Fsp3) is 0.0556. The van der Waals surface area contributed by atoms with E-state index in [1.165, 1.54) is 11.3 Å². The highest BCUT2D eigenvalue weighted by atomic mass is 32.1. The lowest BCUT2D eigenvalue weighted by Crippen LogP contribution is -2.49. The Morgan fingerprint density at radius 2 is 1.81 bits per heavy atom. The number of thiocarbonyl (C=S) groups is 1. The second-order valence-electron chi connectivity index (χ2n) is 5.20. The minimum Gasteiger partial charge on any atom is -0.483 e. The van der Waals surface area contributed by atoms with Gasteiger partial charge in [0.05, 0.1) is 4.88 Å². The molecule has 1 aromatic heterocycles. The first-order chi connectivity index (χ1) is 12.6. The van der Waals surface area contributed by atoms with E-state index in [1.807, 2.05) is 36.4 Å². The van der Waals surface area contributed by atoms with Gasteiger partial charge in [0.25, 0.3) is 11.8 Å². The number of hydrogen-bond acceptors (Lipinski definition) is 5. The molecule has 0 atom stereocenters. The molecule has 0 bridgehead atoms. The molecule has 0 unspecified atom stereocenters. The van der Waals surface area contributed by atoms with Gasteiger partial charge in [-0.15, -0.1) is 11.3 Å². The van der Waals surface area contributed by atoms with E-state index in [9.17, 15) is 9.59 Å². The Balaban J connectivity index is 1.47. The molecule has 0 aliphatic carbocycles. The van der Waals surface area contributed by atoms with Crippen molar-refractivity contribution in [2.75, 3.05) is 6.61 Å². The minimum absolute atomic E-state index is 0.0126. The first-order valence-corrected chi connectivity index (χ1v) is 8.96. The fourth-order valence-corrected chi connectivity index (χ4v) is 3.03. The Labute approximate surface area is 159 Å². The number of fused-ring (bicyclic) bond motifs is 1. The van der Waals surface area contributed by atoms with Crippen molar-refractivity contribution in [3.8, 4) is 5.75 Å². The van der Waals surface area contributed by atoms with E-state index < -0.39 is 5.91 Å². The Morgan fingerprint density at radius 1 is 1.00 bits per heavy atom. The van der Waals surface area contributed by atoms with Crippen LogP contribution in [0.2, 0.25) is 0 Å². The maximum absolute atomic E-state index is 12.0. The topological polar surface area (TPSA) is 79.5 Å². The van der Waals surface area contributed by atoms with Crippen LogP contribution in [-0.4, -0.2) is 23.5 Å². The molecule has 6 nitrogen and oxygen atoms in total. The molecular weight excluding hydrogens is 370 g/mol. The third-order valence-corrected chi connectivity index (χ3v) is 4.47. The maximum atomic E-state index is 12.0. The number of hydrazine groups is 1. The van der Waals surface area contributed by atoms with Gasteiger partial charge in [-0.2, -0.15) is 0 Å². The van der Waals surface area contributed by atoms with Crippen molar-refractivity contribution in [1.82, 2.24) is 16.2 Å². The van der Waals surface area contributed by atoms with Gasteiger partial charge in [-0.05, 0) is 35.1 Å². The average molecular weight is 385 g/mol. The molecule has 132 valence electrons. The van der Waals surface area contributed by atoms with E-state index in [1.54, 1.807) is 23.6 Å². The van der Waals surface area contributed by atoms with Crippen LogP contribution in [0.1, 0.15) is 9.67 Å². The molecule has 3 rings (SSSR count). The Bertz CT molecular complexity index is 937. The van der Waals surface area contributed by atoms with E-state index in [4.69, 9.17) is 17.0 Å². The van der Waals surface area contributed by atoms with E-state index >= 15 is 0 Å². The number of carbonyl (C=O) groups is 2. The lowest BCUT2D eigenvalue weighted by atomic mass is 10.1. The van der Waals surface area contributed by atoms with Crippen molar-refractivity contribution >= 4 is 51.3 Å². The third kappa shape index (κ3) is 4.56. The van der Waals surface area contributed by atoms with Gasteiger partial charge in [-0.3, -0.25) is 25.8 Å². The van der Waals surface area contributed by atoms with Crippen LogP contribution in [0.4, 0.5) is 0 Å². The first-order valence-electron chi connectivity index (χ1n) is 7.68. The van der Waals surface area contributed by atoms with Gasteiger partial charge in [0, 0.05) is 5.39 Å². The number of benzene rings is 2. The first kappa shape index (κ1) is 17.8. The fourth-order valence-electron chi connectivity index (χ4n) is 2.24. The van der Waals surface area contributed by atoms with Crippen LogP contribution in [0.25, 0.3) is 10.8 Å². The number of hydrogen-bond donors (Lipinski definition) is 3. The van der Waals surface area contributed by atoms with Gasteiger partial charge in [-0.1, -0.05) is 42.5 Å². The number of ether oxygens (including phenoxy) is 1. The highest BCUT2D eigenvalue weighted by Crippen LogP contribution is 2.24. The Kier molecular flexibility index (Phi) is 5.77. The van der Waals surface area contributed by atoms with E-state index in [0.29, 0.717) is 10.6 Å². The number of amides is 2. The summed E-state index contributed by atoms with van der Waals surface area (Å²) in [5, 5.41) is 6.17. The summed E-state index contributed by atoms with van der Waals surface area (Å²) in [6, 6.07) is 16.8. The standard InChI is InChI=1S/C18H15N3O3S2/c22-16(19-18(25)21-20-17(23)15-9-4-10-26-15)11-24-14-8-3-6-12-5-1-2-7-13(12)14/h1-10H,11H2,(H,20,23)(H2,19,21,22,25). The van der Waals surface area contributed by atoms with Gasteiger partial charge >= 0.3 is 0 Å². The highest BCUT2D eigenvalue weighted by molar-refractivity contribution is 7.80. The van der Waals surface area contributed by atoms with Crippen molar-refractivity contribution in [3.63, 3.8) is 0 Å². The smallest absolute Gasteiger partial charge is 0.279 e. The summed E-state index contributed by atoms with van der Waals surface area (Å²) in [6.07, 6.45) is 0. The van der Waals surface area contributed by atoms with Crippen LogP contribution in [-0.2, 0) is 4.79 Å². The van der Waals surface area contributed by atoms with Crippen LogP contribution >= 0.6 is 23.6 Å². The summed E-state index contributed by atoms with van der Waals surface area (Å²) >= 11 is 6.28. The average Bonchev–Trinajstić information content (AvgIpc) is 3.19. The molecule has 2 aromatic carbocycles. The molecule has 0 saturated carbocycles. The second kappa shape index (κ2) is 8.41. The number of nitrogens with one attached hydrogen (secondary N) is 3. The van der Waals surface area contributed by atoms with Crippen LogP contribution in [0.15, 0.2) is 60.0 Å². The van der Waals surface area contributed by atoms with Crippen molar-refractivity contribution in [1.29, 1.82) is 0 Å². The third-order valence-electron chi connectivity index (χ3n) is 3.40. The van der Waals surface area contributed by atoms with Crippen molar-refractivity contribution in [3.05, 3.63) is 64.9 Å². The van der Waals surface area contributed by atoms with Crippen molar-refractivity contribution in [2.24, 2.45) is 0 Å². The summed E-state index contributed by atoms with van der Waals surface area (Å²) in [6.45, 7) is -0.200. The number of carbonyl (C=O) groups excluding carboxylic acids is 2. The minimum atomic E-state index is -0.430. The predicted octanol–water partition coefficient (Wildman–Crippen LogP) is 2.62. The largest absolute Gasteiger partial charge is 0.483 e. The summed E-state index contributed by atoms with van der Waals surface area (Å²) in [7, 11) is 0. The normalized spacial score (nSPS) is 10.2. The molecule has 3 aromatic rings. The molecular formula is C18H15N3O3S2. The summed E-state index contributed by atoms with van der Waals surface area (Å²) < 4.78 is 5.58. The molecule has 0 fully saturated rings. The SMILES string of the molecule is O=C(COc1cccc2ccccc12)NC(=S)NNC(=O)c1cccs1. The molecule has 0 spiro atoms. The molecule has 3 N–H and O–H groups in total. The van der Waals surface area contributed by atoms with E-state index in [-0.39, 0.29) is 17.6 Å². The predicted molar refractivity (Wildman–Crippen MR) is 105 cm³/mol. The molecule has 0 aliphatic rings.